The quantitative estimate of drug-likeness (QED) is 0.801. The van der Waals surface area contributed by atoms with Crippen LogP contribution in [0.25, 0.3) is 0 Å². The standard InChI is InChI=1S/C18H21F3N4O3/c19-18(20,21)14-3-1-13(2-4-14)17(28)24-9-7-23(8-10-24)12-16(27)25-6-5-22-15(26)11-25/h1-4H,5-12H2,(H,22,26). The molecule has 1 aromatic rings. The van der Waals surface area contributed by atoms with Crippen molar-refractivity contribution in [1.82, 2.24) is 20.0 Å². The average molecular weight is 398 g/mol. The van der Waals surface area contributed by atoms with Crippen molar-refractivity contribution in [1.29, 1.82) is 0 Å². The van der Waals surface area contributed by atoms with E-state index in [9.17, 15) is 27.6 Å². The number of nitrogens with one attached hydrogen (secondary N) is 1. The fraction of sp³-hybridized carbons (Fsp3) is 0.500. The van der Waals surface area contributed by atoms with Crippen molar-refractivity contribution < 1.29 is 27.6 Å². The van der Waals surface area contributed by atoms with Gasteiger partial charge in [-0.25, -0.2) is 0 Å². The van der Waals surface area contributed by atoms with E-state index in [1.165, 1.54) is 17.0 Å². The molecule has 0 spiro atoms. The second-order valence-corrected chi connectivity index (χ2v) is 6.81. The lowest BCUT2D eigenvalue weighted by Crippen LogP contribution is -2.55. The largest absolute Gasteiger partial charge is 0.416 e. The number of carbonyl (C=O) groups excluding carboxylic acids is 3. The maximum Gasteiger partial charge on any atom is 0.416 e. The molecular weight excluding hydrogens is 377 g/mol. The number of hydrogen-bond donors (Lipinski definition) is 1. The molecule has 2 fully saturated rings. The van der Waals surface area contributed by atoms with E-state index >= 15 is 0 Å². The molecule has 2 heterocycles. The normalized spacial score (nSPS) is 18.8. The number of hydrogen-bond acceptors (Lipinski definition) is 4. The number of carbonyl (C=O) groups is 3. The van der Waals surface area contributed by atoms with Gasteiger partial charge in [-0.2, -0.15) is 13.2 Å². The summed E-state index contributed by atoms with van der Waals surface area (Å²) in [5.41, 5.74) is -0.587. The number of rotatable bonds is 3. The minimum absolute atomic E-state index is 0.0607. The molecule has 152 valence electrons. The molecular formula is C18H21F3N4O3. The number of benzene rings is 1. The van der Waals surface area contributed by atoms with Crippen molar-refractivity contribution in [3.63, 3.8) is 0 Å². The lowest BCUT2D eigenvalue weighted by molar-refractivity contribution is -0.139. The highest BCUT2D eigenvalue weighted by atomic mass is 19.4. The van der Waals surface area contributed by atoms with Gasteiger partial charge in [-0.05, 0) is 24.3 Å². The predicted molar refractivity (Wildman–Crippen MR) is 93.4 cm³/mol. The van der Waals surface area contributed by atoms with Crippen LogP contribution in [0.5, 0.6) is 0 Å². The van der Waals surface area contributed by atoms with Crippen LogP contribution in [0.3, 0.4) is 0 Å². The molecule has 0 unspecified atom stereocenters. The van der Waals surface area contributed by atoms with Crippen LogP contribution in [0.1, 0.15) is 15.9 Å². The molecule has 1 aromatic carbocycles. The summed E-state index contributed by atoms with van der Waals surface area (Å²) in [6, 6.07) is 4.17. The molecule has 0 radical (unpaired) electrons. The minimum Gasteiger partial charge on any atom is -0.353 e. The van der Waals surface area contributed by atoms with Crippen molar-refractivity contribution in [3.05, 3.63) is 35.4 Å². The van der Waals surface area contributed by atoms with E-state index in [0.717, 1.165) is 12.1 Å². The fourth-order valence-electron chi connectivity index (χ4n) is 3.24. The minimum atomic E-state index is -4.44. The van der Waals surface area contributed by atoms with Gasteiger partial charge in [0.05, 0.1) is 18.7 Å². The Bertz CT molecular complexity index is 743. The van der Waals surface area contributed by atoms with E-state index in [1.54, 1.807) is 4.90 Å². The third-order valence-corrected chi connectivity index (χ3v) is 4.87. The van der Waals surface area contributed by atoms with Gasteiger partial charge in [0.15, 0.2) is 0 Å². The first-order valence-electron chi connectivity index (χ1n) is 8.97. The number of piperazine rings is 2. The van der Waals surface area contributed by atoms with Crippen molar-refractivity contribution in [3.8, 4) is 0 Å². The number of amides is 3. The Labute approximate surface area is 160 Å². The highest BCUT2D eigenvalue weighted by molar-refractivity contribution is 5.94. The molecule has 2 aliphatic rings. The topological polar surface area (TPSA) is 73.0 Å². The Kier molecular flexibility index (Phi) is 5.87. The molecule has 1 N–H and O–H groups in total. The van der Waals surface area contributed by atoms with E-state index < -0.39 is 11.7 Å². The van der Waals surface area contributed by atoms with Gasteiger partial charge < -0.3 is 15.1 Å². The molecule has 0 atom stereocenters. The van der Waals surface area contributed by atoms with Crippen molar-refractivity contribution in [2.75, 3.05) is 52.4 Å². The van der Waals surface area contributed by atoms with Crippen LogP contribution in [0.15, 0.2) is 24.3 Å². The van der Waals surface area contributed by atoms with Crippen LogP contribution < -0.4 is 5.32 Å². The van der Waals surface area contributed by atoms with Crippen LogP contribution in [0.2, 0.25) is 0 Å². The van der Waals surface area contributed by atoms with Crippen LogP contribution in [-0.4, -0.2) is 84.8 Å². The maximum absolute atomic E-state index is 12.6. The summed E-state index contributed by atoms with van der Waals surface area (Å²) in [6.07, 6.45) is -4.44. The van der Waals surface area contributed by atoms with Crippen LogP contribution in [-0.2, 0) is 15.8 Å². The maximum atomic E-state index is 12.6. The summed E-state index contributed by atoms with van der Waals surface area (Å²) in [5, 5.41) is 2.66. The van der Waals surface area contributed by atoms with E-state index in [0.29, 0.717) is 39.3 Å². The molecule has 10 heteroatoms. The summed E-state index contributed by atoms with van der Waals surface area (Å²) in [7, 11) is 0. The predicted octanol–water partition coefficient (Wildman–Crippen LogP) is 0.422. The van der Waals surface area contributed by atoms with E-state index in [2.05, 4.69) is 5.32 Å². The summed E-state index contributed by atoms with van der Waals surface area (Å²) in [4.78, 5) is 41.1. The Hall–Kier alpha value is -2.62. The monoisotopic (exact) mass is 398 g/mol. The van der Waals surface area contributed by atoms with E-state index in [1.807, 2.05) is 4.90 Å². The first kappa shape index (κ1) is 20.1. The van der Waals surface area contributed by atoms with Gasteiger partial charge in [-0.3, -0.25) is 19.3 Å². The Morgan fingerprint density at radius 3 is 2.18 bits per heavy atom. The number of halogens is 3. The van der Waals surface area contributed by atoms with Gasteiger partial charge in [0.25, 0.3) is 5.91 Å². The SMILES string of the molecule is O=C1CN(C(=O)CN2CCN(C(=O)c3ccc(C(F)(F)F)cc3)CC2)CCN1. The van der Waals surface area contributed by atoms with Gasteiger partial charge in [0.2, 0.25) is 11.8 Å². The molecule has 0 aromatic heterocycles. The van der Waals surface area contributed by atoms with Gasteiger partial charge >= 0.3 is 6.18 Å². The summed E-state index contributed by atoms with van der Waals surface area (Å²) in [5.74, 6) is -0.628. The summed E-state index contributed by atoms with van der Waals surface area (Å²) >= 11 is 0. The molecule has 28 heavy (non-hydrogen) atoms. The fourth-order valence-corrected chi connectivity index (χ4v) is 3.24. The molecule has 3 rings (SSSR count). The summed E-state index contributed by atoms with van der Waals surface area (Å²) in [6.45, 7) is 2.90. The third kappa shape index (κ3) is 4.80. The average Bonchev–Trinajstić information content (AvgIpc) is 2.67. The molecule has 7 nitrogen and oxygen atoms in total. The Morgan fingerprint density at radius 2 is 1.61 bits per heavy atom. The number of nitrogens with zero attached hydrogens (tertiary/aromatic N) is 3. The van der Waals surface area contributed by atoms with Gasteiger partial charge in [0.1, 0.15) is 0 Å². The van der Waals surface area contributed by atoms with E-state index in [4.69, 9.17) is 0 Å². The molecule has 0 aliphatic carbocycles. The smallest absolute Gasteiger partial charge is 0.353 e. The lowest BCUT2D eigenvalue weighted by Gasteiger charge is -2.36. The van der Waals surface area contributed by atoms with E-state index in [-0.39, 0.29) is 36.4 Å². The molecule has 0 saturated carbocycles. The second kappa shape index (κ2) is 8.17. The zero-order chi connectivity index (χ0) is 20.3. The number of alkyl halides is 3. The summed E-state index contributed by atoms with van der Waals surface area (Å²) < 4.78 is 37.9. The van der Waals surface area contributed by atoms with Crippen LogP contribution in [0.4, 0.5) is 13.2 Å². The van der Waals surface area contributed by atoms with Gasteiger partial charge in [0, 0.05) is 44.8 Å². The molecule has 2 aliphatic heterocycles. The first-order chi connectivity index (χ1) is 13.2. The zero-order valence-corrected chi connectivity index (χ0v) is 15.2. The van der Waals surface area contributed by atoms with Crippen LogP contribution >= 0.6 is 0 Å². The highest BCUT2D eigenvalue weighted by Gasteiger charge is 2.31. The van der Waals surface area contributed by atoms with Crippen molar-refractivity contribution in [2.24, 2.45) is 0 Å². The highest BCUT2D eigenvalue weighted by Crippen LogP contribution is 2.29. The van der Waals surface area contributed by atoms with Crippen LogP contribution in [0, 0.1) is 0 Å². The molecule has 2 saturated heterocycles. The van der Waals surface area contributed by atoms with Gasteiger partial charge in [-0.15, -0.1) is 0 Å². The molecule has 3 amide bonds. The zero-order valence-electron chi connectivity index (χ0n) is 15.2. The first-order valence-corrected chi connectivity index (χ1v) is 8.97. The Morgan fingerprint density at radius 1 is 0.964 bits per heavy atom. The van der Waals surface area contributed by atoms with Crippen molar-refractivity contribution in [2.45, 2.75) is 6.18 Å². The van der Waals surface area contributed by atoms with Gasteiger partial charge in [-0.1, -0.05) is 0 Å². The lowest BCUT2D eigenvalue weighted by atomic mass is 10.1. The second-order valence-electron chi connectivity index (χ2n) is 6.81. The Balaban J connectivity index is 1.50. The molecule has 0 bridgehead atoms. The third-order valence-electron chi connectivity index (χ3n) is 4.87. The van der Waals surface area contributed by atoms with Crippen molar-refractivity contribution >= 4 is 17.7 Å².